The molecule has 0 unspecified atom stereocenters. The van der Waals surface area contributed by atoms with Gasteiger partial charge in [-0.2, -0.15) is 0 Å². The number of aryl methyl sites for hydroxylation is 2. The Labute approximate surface area is 153 Å². The van der Waals surface area contributed by atoms with Gasteiger partial charge >= 0.3 is 0 Å². The summed E-state index contributed by atoms with van der Waals surface area (Å²) < 4.78 is 5.15. The number of benzene rings is 1. The van der Waals surface area contributed by atoms with Crippen LogP contribution < -0.4 is 0 Å². The number of nitro benzene ring substituents is 1. The van der Waals surface area contributed by atoms with Crippen LogP contribution in [-0.2, 0) is 6.54 Å². The highest BCUT2D eigenvalue weighted by Crippen LogP contribution is 2.26. The normalized spacial score (nSPS) is 10.9. The van der Waals surface area contributed by atoms with Gasteiger partial charge in [-0.1, -0.05) is 16.8 Å². The molecule has 26 heavy (non-hydrogen) atoms. The summed E-state index contributed by atoms with van der Waals surface area (Å²) in [5, 5.41) is 15.7. The summed E-state index contributed by atoms with van der Waals surface area (Å²) in [7, 11) is 1.60. The van der Waals surface area contributed by atoms with Crippen molar-refractivity contribution < 1.29 is 14.2 Å². The molecule has 0 atom stereocenters. The predicted octanol–water partition coefficient (Wildman–Crippen LogP) is 3.67. The number of carbonyl (C=O) groups excluding carboxylic acids is 1. The van der Waals surface area contributed by atoms with E-state index in [-0.39, 0.29) is 18.1 Å². The van der Waals surface area contributed by atoms with Crippen LogP contribution in [0.15, 0.2) is 28.8 Å². The Morgan fingerprint density at radius 3 is 2.77 bits per heavy atom. The molecule has 0 aliphatic rings. The van der Waals surface area contributed by atoms with Crippen LogP contribution in [0.2, 0.25) is 5.02 Å². The molecule has 0 fully saturated rings. The maximum Gasteiger partial charge on any atom is 0.269 e. The largest absolute Gasteiger partial charge is 0.337 e. The van der Waals surface area contributed by atoms with Gasteiger partial charge in [-0.05, 0) is 31.5 Å². The Kier molecular flexibility index (Phi) is 4.60. The van der Waals surface area contributed by atoms with E-state index in [0.29, 0.717) is 38.6 Å². The number of aromatic nitrogens is 2. The molecule has 1 aromatic carbocycles. The lowest BCUT2D eigenvalue weighted by Crippen LogP contribution is -2.26. The van der Waals surface area contributed by atoms with Gasteiger partial charge in [0.15, 0.2) is 0 Å². The molecule has 0 N–H and O–H groups in total. The minimum atomic E-state index is -0.502. The molecule has 134 valence electrons. The summed E-state index contributed by atoms with van der Waals surface area (Å²) in [4.78, 5) is 29.1. The Morgan fingerprint density at radius 1 is 1.35 bits per heavy atom. The number of nitrogens with zero attached hydrogens (tertiary/aromatic N) is 4. The second-order valence-electron chi connectivity index (χ2n) is 5.95. The zero-order chi connectivity index (χ0) is 19.0. The van der Waals surface area contributed by atoms with Crippen molar-refractivity contribution in [2.75, 3.05) is 7.05 Å². The number of hydrogen-bond donors (Lipinski definition) is 0. The highest BCUT2D eigenvalue weighted by atomic mass is 35.5. The molecule has 9 heteroatoms. The van der Waals surface area contributed by atoms with Gasteiger partial charge < -0.3 is 9.42 Å². The standard InChI is InChI=1S/C17H15ClN4O4/c1-9-6-13(15-10(2)20-26-16(15)19-9)17(23)21(3)8-11-7-12(22(24)25)4-5-14(11)18/h4-7H,8H2,1-3H3. The average molecular weight is 375 g/mol. The van der Waals surface area contributed by atoms with Crippen molar-refractivity contribution in [3.05, 3.63) is 61.9 Å². The monoisotopic (exact) mass is 374 g/mol. The van der Waals surface area contributed by atoms with Crippen molar-refractivity contribution in [2.45, 2.75) is 20.4 Å². The highest BCUT2D eigenvalue weighted by molar-refractivity contribution is 6.31. The van der Waals surface area contributed by atoms with E-state index in [1.54, 1.807) is 27.0 Å². The van der Waals surface area contributed by atoms with Crippen LogP contribution >= 0.6 is 11.6 Å². The second kappa shape index (κ2) is 6.72. The van der Waals surface area contributed by atoms with Crippen molar-refractivity contribution >= 4 is 34.3 Å². The van der Waals surface area contributed by atoms with E-state index in [1.165, 1.54) is 23.1 Å². The minimum absolute atomic E-state index is 0.0812. The molecule has 0 spiro atoms. The maximum atomic E-state index is 12.9. The summed E-state index contributed by atoms with van der Waals surface area (Å²) in [5.74, 6) is -0.283. The van der Waals surface area contributed by atoms with E-state index in [4.69, 9.17) is 16.1 Å². The van der Waals surface area contributed by atoms with Gasteiger partial charge in [-0.3, -0.25) is 14.9 Å². The summed E-state index contributed by atoms with van der Waals surface area (Å²) >= 11 is 6.13. The molecule has 3 rings (SSSR count). The van der Waals surface area contributed by atoms with Crippen LogP contribution in [-0.4, -0.2) is 32.9 Å². The summed E-state index contributed by atoms with van der Waals surface area (Å²) in [6, 6.07) is 5.81. The van der Waals surface area contributed by atoms with Gasteiger partial charge in [-0.25, -0.2) is 4.98 Å². The average Bonchev–Trinajstić information content (AvgIpc) is 2.96. The van der Waals surface area contributed by atoms with Gasteiger partial charge in [0.1, 0.15) is 0 Å². The summed E-state index contributed by atoms with van der Waals surface area (Å²) in [6.45, 7) is 3.61. The molecule has 0 saturated heterocycles. The molecule has 0 aliphatic heterocycles. The molecule has 0 bridgehead atoms. The van der Waals surface area contributed by atoms with E-state index in [0.717, 1.165) is 0 Å². The third-order valence-corrected chi connectivity index (χ3v) is 4.34. The molecule has 0 radical (unpaired) electrons. The number of nitro groups is 1. The van der Waals surface area contributed by atoms with E-state index in [9.17, 15) is 14.9 Å². The third kappa shape index (κ3) is 3.23. The first-order chi connectivity index (χ1) is 12.3. The smallest absolute Gasteiger partial charge is 0.269 e. The van der Waals surface area contributed by atoms with Gasteiger partial charge in [0, 0.05) is 36.4 Å². The molecule has 0 saturated carbocycles. The first kappa shape index (κ1) is 17.8. The molecule has 0 aliphatic carbocycles. The van der Waals surface area contributed by atoms with E-state index < -0.39 is 4.92 Å². The molecule has 3 aromatic rings. The van der Waals surface area contributed by atoms with Crippen LogP contribution in [0.4, 0.5) is 5.69 Å². The van der Waals surface area contributed by atoms with Gasteiger partial charge in [0.05, 0.1) is 21.6 Å². The zero-order valence-electron chi connectivity index (χ0n) is 14.3. The third-order valence-electron chi connectivity index (χ3n) is 3.97. The topological polar surface area (TPSA) is 102 Å². The van der Waals surface area contributed by atoms with E-state index in [1.807, 2.05) is 0 Å². The number of hydrogen-bond acceptors (Lipinski definition) is 6. The minimum Gasteiger partial charge on any atom is -0.337 e. The lowest BCUT2D eigenvalue weighted by atomic mass is 10.1. The van der Waals surface area contributed by atoms with Crippen LogP contribution in [0.5, 0.6) is 0 Å². The van der Waals surface area contributed by atoms with Crippen molar-refractivity contribution in [2.24, 2.45) is 0 Å². The van der Waals surface area contributed by atoms with Gasteiger partial charge in [0.25, 0.3) is 17.3 Å². The number of pyridine rings is 1. The van der Waals surface area contributed by atoms with Crippen LogP contribution in [0, 0.1) is 24.0 Å². The fraction of sp³-hybridized carbons (Fsp3) is 0.235. The molecular formula is C17H15ClN4O4. The van der Waals surface area contributed by atoms with Gasteiger partial charge in [0.2, 0.25) is 0 Å². The summed E-state index contributed by atoms with van der Waals surface area (Å²) in [6.07, 6.45) is 0. The van der Waals surface area contributed by atoms with E-state index in [2.05, 4.69) is 10.1 Å². The molecular weight excluding hydrogens is 360 g/mol. The lowest BCUT2D eigenvalue weighted by Gasteiger charge is -2.18. The van der Waals surface area contributed by atoms with Crippen molar-refractivity contribution in [1.29, 1.82) is 0 Å². The van der Waals surface area contributed by atoms with E-state index >= 15 is 0 Å². The first-order valence-electron chi connectivity index (χ1n) is 7.70. The first-order valence-corrected chi connectivity index (χ1v) is 8.07. The Balaban J connectivity index is 1.96. The zero-order valence-corrected chi connectivity index (χ0v) is 15.1. The number of non-ortho nitro benzene ring substituents is 1. The van der Waals surface area contributed by atoms with Crippen molar-refractivity contribution in [1.82, 2.24) is 15.0 Å². The Bertz CT molecular complexity index is 1030. The lowest BCUT2D eigenvalue weighted by molar-refractivity contribution is -0.384. The second-order valence-corrected chi connectivity index (χ2v) is 6.36. The highest BCUT2D eigenvalue weighted by Gasteiger charge is 2.22. The molecule has 1 amide bonds. The Morgan fingerprint density at radius 2 is 2.08 bits per heavy atom. The number of amides is 1. The van der Waals surface area contributed by atoms with Gasteiger partial charge in [-0.15, -0.1) is 0 Å². The fourth-order valence-corrected chi connectivity index (χ4v) is 2.89. The number of rotatable bonds is 4. The molecule has 2 aromatic heterocycles. The van der Waals surface area contributed by atoms with Crippen molar-refractivity contribution in [3.8, 4) is 0 Å². The SMILES string of the molecule is Cc1cc(C(=O)N(C)Cc2cc([N+](=O)[O-])ccc2Cl)c2c(C)noc2n1. The number of halogens is 1. The number of carbonyl (C=O) groups is 1. The molecule has 8 nitrogen and oxygen atoms in total. The quantitative estimate of drug-likeness (QED) is 0.510. The maximum absolute atomic E-state index is 12.9. The fourth-order valence-electron chi connectivity index (χ4n) is 2.72. The summed E-state index contributed by atoms with van der Waals surface area (Å²) in [5.41, 5.74) is 2.31. The number of fused-ring (bicyclic) bond motifs is 1. The van der Waals surface area contributed by atoms with Crippen LogP contribution in [0.25, 0.3) is 11.1 Å². The van der Waals surface area contributed by atoms with Crippen LogP contribution in [0.3, 0.4) is 0 Å². The van der Waals surface area contributed by atoms with Crippen LogP contribution in [0.1, 0.15) is 27.3 Å². The molecule has 2 heterocycles. The Hall–Kier alpha value is -3.00. The van der Waals surface area contributed by atoms with Crippen molar-refractivity contribution in [3.63, 3.8) is 0 Å². The predicted molar refractivity (Wildman–Crippen MR) is 95.2 cm³/mol.